The number of hydrogen-bond donors (Lipinski definition) is 1. The quantitative estimate of drug-likeness (QED) is 0.505. The molecule has 104 valence electrons. The zero-order valence-electron chi connectivity index (χ0n) is 11.6. The standard InChI is InChI=1S/C15H28N2O/c1-2-3-4-5-7-11-16-12-10-15(18)17-13-8-6-9-14-17/h2,16H,1,3-14H2. The van der Waals surface area contributed by atoms with Gasteiger partial charge in [0, 0.05) is 26.1 Å². The summed E-state index contributed by atoms with van der Waals surface area (Å²) in [6.45, 7) is 7.52. The first kappa shape index (κ1) is 15.2. The summed E-state index contributed by atoms with van der Waals surface area (Å²) in [7, 11) is 0. The predicted molar refractivity (Wildman–Crippen MR) is 76.6 cm³/mol. The van der Waals surface area contributed by atoms with Gasteiger partial charge in [0.2, 0.25) is 5.91 Å². The number of unbranched alkanes of at least 4 members (excludes halogenated alkanes) is 3. The molecule has 1 heterocycles. The van der Waals surface area contributed by atoms with Crippen molar-refractivity contribution in [3.05, 3.63) is 12.7 Å². The van der Waals surface area contributed by atoms with Gasteiger partial charge in [-0.05, 0) is 45.1 Å². The van der Waals surface area contributed by atoms with Gasteiger partial charge in [-0.2, -0.15) is 0 Å². The van der Waals surface area contributed by atoms with Gasteiger partial charge in [0.25, 0.3) is 0 Å². The van der Waals surface area contributed by atoms with Crippen LogP contribution in [-0.2, 0) is 4.79 Å². The highest BCUT2D eigenvalue weighted by molar-refractivity contribution is 5.76. The highest BCUT2D eigenvalue weighted by Crippen LogP contribution is 2.09. The maximum atomic E-state index is 11.8. The zero-order valence-corrected chi connectivity index (χ0v) is 11.6. The van der Waals surface area contributed by atoms with E-state index in [9.17, 15) is 4.79 Å². The van der Waals surface area contributed by atoms with Crippen LogP contribution in [0.5, 0.6) is 0 Å². The Kier molecular flexibility index (Phi) is 8.57. The van der Waals surface area contributed by atoms with Crippen molar-refractivity contribution in [1.82, 2.24) is 10.2 Å². The number of carbonyl (C=O) groups excluding carboxylic acids is 1. The Balaban J connectivity index is 1.90. The maximum absolute atomic E-state index is 11.8. The summed E-state index contributed by atoms with van der Waals surface area (Å²) in [6, 6.07) is 0. The summed E-state index contributed by atoms with van der Waals surface area (Å²) in [5, 5.41) is 3.36. The van der Waals surface area contributed by atoms with Crippen molar-refractivity contribution in [2.45, 2.75) is 51.4 Å². The first-order valence-corrected chi connectivity index (χ1v) is 7.44. The average Bonchev–Trinajstić information content (AvgIpc) is 2.42. The highest BCUT2D eigenvalue weighted by atomic mass is 16.2. The molecule has 1 fully saturated rings. The van der Waals surface area contributed by atoms with E-state index >= 15 is 0 Å². The number of nitrogens with one attached hydrogen (secondary N) is 1. The number of rotatable bonds is 9. The molecule has 0 spiro atoms. The van der Waals surface area contributed by atoms with E-state index in [-0.39, 0.29) is 0 Å². The van der Waals surface area contributed by atoms with Crippen LogP contribution in [0.2, 0.25) is 0 Å². The van der Waals surface area contributed by atoms with E-state index in [0.29, 0.717) is 12.3 Å². The molecule has 1 N–H and O–H groups in total. The van der Waals surface area contributed by atoms with Gasteiger partial charge in [-0.1, -0.05) is 12.5 Å². The molecule has 0 aromatic rings. The lowest BCUT2D eigenvalue weighted by molar-refractivity contribution is -0.131. The molecule has 0 saturated carbocycles. The fraction of sp³-hybridized carbons (Fsp3) is 0.800. The smallest absolute Gasteiger partial charge is 0.223 e. The number of allylic oxidation sites excluding steroid dienone is 1. The Morgan fingerprint density at radius 1 is 1.11 bits per heavy atom. The van der Waals surface area contributed by atoms with Crippen molar-refractivity contribution >= 4 is 5.91 Å². The van der Waals surface area contributed by atoms with Gasteiger partial charge in [0.15, 0.2) is 0 Å². The van der Waals surface area contributed by atoms with Crippen molar-refractivity contribution < 1.29 is 4.79 Å². The van der Waals surface area contributed by atoms with Crippen LogP contribution in [0.4, 0.5) is 0 Å². The second-order valence-electron chi connectivity index (χ2n) is 5.08. The van der Waals surface area contributed by atoms with E-state index < -0.39 is 0 Å². The maximum Gasteiger partial charge on any atom is 0.223 e. The molecule has 1 rings (SSSR count). The van der Waals surface area contributed by atoms with E-state index in [2.05, 4.69) is 11.9 Å². The molecule has 18 heavy (non-hydrogen) atoms. The first-order valence-electron chi connectivity index (χ1n) is 7.44. The van der Waals surface area contributed by atoms with Crippen molar-refractivity contribution in [3.63, 3.8) is 0 Å². The average molecular weight is 252 g/mol. The minimum atomic E-state index is 0.328. The molecule has 1 saturated heterocycles. The molecular formula is C15H28N2O. The molecule has 0 unspecified atom stereocenters. The monoisotopic (exact) mass is 252 g/mol. The third kappa shape index (κ3) is 6.80. The molecule has 0 radical (unpaired) electrons. The van der Waals surface area contributed by atoms with Crippen LogP contribution in [0, 0.1) is 0 Å². The summed E-state index contributed by atoms with van der Waals surface area (Å²) in [6.07, 6.45) is 11.1. The van der Waals surface area contributed by atoms with E-state index in [1.165, 1.54) is 38.5 Å². The third-order valence-corrected chi connectivity index (χ3v) is 3.49. The molecule has 0 bridgehead atoms. The Labute approximate surface area is 112 Å². The zero-order chi connectivity index (χ0) is 13.1. The number of hydrogen-bond acceptors (Lipinski definition) is 2. The van der Waals surface area contributed by atoms with Crippen LogP contribution in [0.25, 0.3) is 0 Å². The minimum Gasteiger partial charge on any atom is -0.343 e. The van der Waals surface area contributed by atoms with Crippen LogP contribution in [0.3, 0.4) is 0 Å². The Morgan fingerprint density at radius 3 is 2.61 bits per heavy atom. The van der Waals surface area contributed by atoms with Crippen molar-refractivity contribution in [1.29, 1.82) is 0 Å². The van der Waals surface area contributed by atoms with Crippen LogP contribution >= 0.6 is 0 Å². The minimum absolute atomic E-state index is 0.328. The number of nitrogens with zero attached hydrogens (tertiary/aromatic N) is 1. The largest absolute Gasteiger partial charge is 0.343 e. The van der Waals surface area contributed by atoms with Gasteiger partial charge in [-0.3, -0.25) is 4.79 Å². The molecule has 1 amide bonds. The van der Waals surface area contributed by atoms with Gasteiger partial charge >= 0.3 is 0 Å². The van der Waals surface area contributed by atoms with Gasteiger partial charge in [0.05, 0.1) is 0 Å². The molecule has 3 heteroatoms. The number of piperidine rings is 1. The van der Waals surface area contributed by atoms with Gasteiger partial charge in [-0.15, -0.1) is 6.58 Å². The van der Waals surface area contributed by atoms with Crippen LogP contribution in [0.1, 0.15) is 51.4 Å². The topological polar surface area (TPSA) is 32.3 Å². The molecular weight excluding hydrogens is 224 g/mol. The molecule has 0 aliphatic carbocycles. The van der Waals surface area contributed by atoms with Crippen LogP contribution < -0.4 is 5.32 Å². The van der Waals surface area contributed by atoms with E-state index in [1.54, 1.807) is 0 Å². The first-order chi connectivity index (χ1) is 8.84. The number of carbonyl (C=O) groups is 1. The molecule has 0 aromatic heterocycles. The van der Waals surface area contributed by atoms with E-state index in [0.717, 1.165) is 32.6 Å². The van der Waals surface area contributed by atoms with E-state index in [4.69, 9.17) is 0 Å². The fourth-order valence-electron chi connectivity index (χ4n) is 2.34. The number of likely N-dealkylation sites (tertiary alicyclic amines) is 1. The lowest BCUT2D eigenvalue weighted by Crippen LogP contribution is -2.37. The second-order valence-corrected chi connectivity index (χ2v) is 5.08. The summed E-state index contributed by atoms with van der Waals surface area (Å²) >= 11 is 0. The lowest BCUT2D eigenvalue weighted by atomic mass is 10.1. The summed E-state index contributed by atoms with van der Waals surface area (Å²) in [4.78, 5) is 13.9. The van der Waals surface area contributed by atoms with Crippen molar-refractivity contribution in [3.8, 4) is 0 Å². The molecule has 3 nitrogen and oxygen atoms in total. The van der Waals surface area contributed by atoms with Gasteiger partial charge < -0.3 is 10.2 Å². The third-order valence-electron chi connectivity index (χ3n) is 3.49. The van der Waals surface area contributed by atoms with Gasteiger partial charge in [-0.25, -0.2) is 0 Å². The second kappa shape index (κ2) is 10.1. The molecule has 1 aliphatic rings. The van der Waals surface area contributed by atoms with Crippen LogP contribution in [0.15, 0.2) is 12.7 Å². The van der Waals surface area contributed by atoms with Crippen LogP contribution in [-0.4, -0.2) is 37.0 Å². The number of amides is 1. The Hall–Kier alpha value is -0.830. The lowest BCUT2D eigenvalue weighted by Gasteiger charge is -2.26. The van der Waals surface area contributed by atoms with Crippen molar-refractivity contribution in [2.75, 3.05) is 26.2 Å². The van der Waals surface area contributed by atoms with Crippen molar-refractivity contribution in [2.24, 2.45) is 0 Å². The Morgan fingerprint density at radius 2 is 1.89 bits per heavy atom. The summed E-state index contributed by atoms with van der Waals surface area (Å²) in [5.41, 5.74) is 0. The summed E-state index contributed by atoms with van der Waals surface area (Å²) in [5.74, 6) is 0.328. The van der Waals surface area contributed by atoms with E-state index in [1.807, 2.05) is 11.0 Å². The van der Waals surface area contributed by atoms with Gasteiger partial charge in [0.1, 0.15) is 0 Å². The SMILES string of the molecule is C=CCCCCCNCCC(=O)N1CCCCC1. The normalized spacial score (nSPS) is 15.7. The molecule has 1 aliphatic heterocycles. The Bertz CT molecular complexity index is 235. The highest BCUT2D eigenvalue weighted by Gasteiger charge is 2.15. The summed E-state index contributed by atoms with van der Waals surface area (Å²) < 4.78 is 0. The molecule has 0 aromatic carbocycles. The predicted octanol–water partition coefficient (Wildman–Crippen LogP) is 2.73. The fourth-order valence-corrected chi connectivity index (χ4v) is 2.34. The molecule has 0 atom stereocenters.